The molecule has 136 valence electrons. The molecule has 1 aromatic carbocycles. The summed E-state index contributed by atoms with van der Waals surface area (Å²) in [6.07, 6.45) is 3.60. The predicted molar refractivity (Wildman–Crippen MR) is 105 cm³/mol. The third-order valence-electron chi connectivity index (χ3n) is 4.07. The highest BCUT2D eigenvalue weighted by molar-refractivity contribution is 7.13. The SMILES string of the molecule is Cc1ccccc1OCCCC(=O)NCCc1[nH]cnc1-c1cccs1. The fourth-order valence-electron chi connectivity index (χ4n) is 2.69. The maximum Gasteiger partial charge on any atom is 0.220 e. The van der Waals surface area contributed by atoms with Crippen LogP contribution in [-0.4, -0.2) is 29.0 Å². The first-order chi connectivity index (χ1) is 12.7. The van der Waals surface area contributed by atoms with E-state index in [9.17, 15) is 4.79 Å². The number of rotatable bonds is 9. The molecule has 6 heteroatoms. The molecule has 3 aromatic rings. The number of hydrogen-bond donors (Lipinski definition) is 2. The van der Waals surface area contributed by atoms with Gasteiger partial charge in [0.25, 0.3) is 0 Å². The number of H-pyrrole nitrogens is 1. The maximum atomic E-state index is 12.0. The lowest BCUT2D eigenvalue weighted by Crippen LogP contribution is -2.26. The smallest absolute Gasteiger partial charge is 0.220 e. The second-order valence-corrected chi connectivity index (χ2v) is 6.97. The summed E-state index contributed by atoms with van der Waals surface area (Å²) in [4.78, 5) is 20.7. The molecule has 0 aliphatic carbocycles. The van der Waals surface area contributed by atoms with Crippen molar-refractivity contribution in [2.45, 2.75) is 26.2 Å². The second-order valence-electron chi connectivity index (χ2n) is 6.02. The summed E-state index contributed by atoms with van der Waals surface area (Å²) in [6.45, 7) is 3.15. The van der Waals surface area contributed by atoms with Crippen molar-refractivity contribution in [3.63, 3.8) is 0 Å². The van der Waals surface area contributed by atoms with Crippen LogP contribution in [0.5, 0.6) is 5.75 Å². The van der Waals surface area contributed by atoms with Gasteiger partial charge in [-0.25, -0.2) is 4.98 Å². The first-order valence-corrected chi connectivity index (χ1v) is 9.63. The summed E-state index contributed by atoms with van der Waals surface area (Å²) in [5.41, 5.74) is 3.13. The summed E-state index contributed by atoms with van der Waals surface area (Å²) in [7, 11) is 0. The topological polar surface area (TPSA) is 67.0 Å². The van der Waals surface area contributed by atoms with E-state index in [0.717, 1.165) is 34.0 Å². The Kier molecular flexibility index (Phi) is 6.44. The molecule has 0 spiro atoms. The summed E-state index contributed by atoms with van der Waals surface area (Å²) in [6, 6.07) is 12.0. The number of nitrogens with zero attached hydrogens (tertiary/aromatic N) is 1. The number of carbonyl (C=O) groups is 1. The average Bonchev–Trinajstić information content (AvgIpc) is 3.31. The maximum absolute atomic E-state index is 12.0. The predicted octanol–water partition coefficient (Wildman–Crippen LogP) is 3.96. The fourth-order valence-corrected chi connectivity index (χ4v) is 3.43. The Bertz CT molecular complexity index is 827. The van der Waals surface area contributed by atoms with Gasteiger partial charge < -0.3 is 15.0 Å². The van der Waals surface area contributed by atoms with Gasteiger partial charge in [-0.05, 0) is 36.4 Å². The molecular formula is C20H23N3O2S. The van der Waals surface area contributed by atoms with Crippen molar-refractivity contribution in [3.05, 3.63) is 59.4 Å². The van der Waals surface area contributed by atoms with Crippen LogP contribution >= 0.6 is 11.3 Å². The lowest BCUT2D eigenvalue weighted by molar-refractivity contribution is -0.121. The number of ether oxygens (including phenoxy) is 1. The number of nitrogens with one attached hydrogen (secondary N) is 2. The van der Waals surface area contributed by atoms with Gasteiger partial charge in [0.1, 0.15) is 11.4 Å². The van der Waals surface area contributed by atoms with Crippen molar-refractivity contribution in [1.29, 1.82) is 0 Å². The van der Waals surface area contributed by atoms with E-state index in [1.807, 2.05) is 42.6 Å². The monoisotopic (exact) mass is 369 g/mol. The molecule has 2 heterocycles. The van der Waals surface area contributed by atoms with Gasteiger partial charge in [0.2, 0.25) is 5.91 Å². The van der Waals surface area contributed by atoms with Crippen molar-refractivity contribution < 1.29 is 9.53 Å². The van der Waals surface area contributed by atoms with E-state index >= 15 is 0 Å². The largest absolute Gasteiger partial charge is 0.493 e. The molecule has 26 heavy (non-hydrogen) atoms. The molecule has 0 unspecified atom stereocenters. The van der Waals surface area contributed by atoms with Crippen LogP contribution in [0.1, 0.15) is 24.1 Å². The number of aromatic amines is 1. The lowest BCUT2D eigenvalue weighted by Gasteiger charge is -2.09. The van der Waals surface area contributed by atoms with Gasteiger partial charge in [0.05, 0.1) is 17.8 Å². The van der Waals surface area contributed by atoms with E-state index in [0.29, 0.717) is 26.0 Å². The minimum absolute atomic E-state index is 0.0515. The number of para-hydroxylation sites is 1. The van der Waals surface area contributed by atoms with E-state index in [2.05, 4.69) is 21.4 Å². The van der Waals surface area contributed by atoms with Crippen LogP contribution in [0.25, 0.3) is 10.6 Å². The Morgan fingerprint density at radius 3 is 2.96 bits per heavy atom. The number of amides is 1. The van der Waals surface area contributed by atoms with Crippen LogP contribution in [0.4, 0.5) is 0 Å². The van der Waals surface area contributed by atoms with Crippen molar-refractivity contribution in [3.8, 4) is 16.3 Å². The van der Waals surface area contributed by atoms with Gasteiger partial charge in [0, 0.05) is 25.1 Å². The van der Waals surface area contributed by atoms with E-state index in [4.69, 9.17) is 4.74 Å². The molecule has 0 atom stereocenters. The Labute approximate surface area is 157 Å². The van der Waals surface area contributed by atoms with E-state index in [-0.39, 0.29) is 5.91 Å². The molecular weight excluding hydrogens is 346 g/mol. The number of thiophene rings is 1. The minimum Gasteiger partial charge on any atom is -0.493 e. The zero-order valence-electron chi connectivity index (χ0n) is 14.8. The quantitative estimate of drug-likeness (QED) is 0.561. The van der Waals surface area contributed by atoms with Gasteiger partial charge >= 0.3 is 0 Å². The number of aryl methyl sites for hydroxylation is 1. The molecule has 5 nitrogen and oxygen atoms in total. The molecule has 0 bridgehead atoms. The van der Waals surface area contributed by atoms with Gasteiger partial charge in [-0.15, -0.1) is 11.3 Å². The third-order valence-corrected chi connectivity index (χ3v) is 4.95. The van der Waals surface area contributed by atoms with Gasteiger partial charge in [0.15, 0.2) is 0 Å². The summed E-state index contributed by atoms with van der Waals surface area (Å²) in [5.74, 6) is 0.934. The molecule has 2 N–H and O–H groups in total. The van der Waals surface area contributed by atoms with E-state index in [1.165, 1.54) is 0 Å². The first-order valence-electron chi connectivity index (χ1n) is 8.75. The van der Waals surface area contributed by atoms with Crippen LogP contribution < -0.4 is 10.1 Å². The molecule has 0 saturated heterocycles. The molecule has 0 radical (unpaired) electrons. The van der Waals surface area contributed by atoms with E-state index < -0.39 is 0 Å². The Morgan fingerprint density at radius 1 is 1.27 bits per heavy atom. The first kappa shape index (κ1) is 18.2. The number of benzene rings is 1. The zero-order valence-corrected chi connectivity index (χ0v) is 15.6. The molecule has 0 saturated carbocycles. The Balaban J connectivity index is 1.35. The number of carbonyl (C=O) groups excluding carboxylic acids is 1. The highest BCUT2D eigenvalue weighted by Gasteiger charge is 2.09. The summed E-state index contributed by atoms with van der Waals surface area (Å²) >= 11 is 1.66. The number of imidazole rings is 1. The normalized spacial score (nSPS) is 10.7. The van der Waals surface area contributed by atoms with Crippen LogP contribution in [0.3, 0.4) is 0 Å². The fraction of sp³-hybridized carbons (Fsp3) is 0.300. The third kappa shape index (κ3) is 4.95. The van der Waals surface area contributed by atoms with E-state index in [1.54, 1.807) is 17.7 Å². The molecule has 3 rings (SSSR count). The van der Waals surface area contributed by atoms with Crippen molar-refractivity contribution in [1.82, 2.24) is 15.3 Å². The number of hydrogen-bond acceptors (Lipinski definition) is 4. The van der Waals surface area contributed by atoms with Crippen molar-refractivity contribution in [2.24, 2.45) is 0 Å². The minimum atomic E-state index is 0.0515. The second kappa shape index (κ2) is 9.20. The number of aromatic nitrogens is 2. The van der Waals surface area contributed by atoms with Crippen LogP contribution in [0.15, 0.2) is 48.1 Å². The molecule has 0 aliphatic rings. The van der Waals surface area contributed by atoms with Gasteiger partial charge in [-0.3, -0.25) is 4.79 Å². The van der Waals surface area contributed by atoms with Gasteiger partial charge in [-0.2, -0.15) is 0 Å². The van der Waals surface area contributed by atoms with Crippen molar-refractivity contribution >= 4 is 17.2 Å². The van der Waals surface area contributed by atoms with Crippen molar-refractivity contribution in [2.75, 3.05) is 13.2 Å². The Morgan fingerprint density at radius 2 is 2.15 bits per heavy atom. The molecule has 0 aliphatic heterocycles. The van der Waals surface area contributed by atoms with Gasteiger partial charge in [-0.1, -0.05) is 24.3 Å². The summed E-state index contributed by atoms with van der Waals surface area (Å²) in [5, 5.41) is 5.00. The molecule has 1 amide bonds. The standard InChI is InChI=1S/C20H23N3O2S/c1-15-6-2-3-7-17(15)25-12-4-9-19(24)21-11-10-16-20(23-14-22-16)18-8-5-13-26-18/h2-3,5-8,13-14H,4,9-12H2,1H3,(H,21,24)(H,22,23). The lowest BCUT2D eigenvalue weighted by atomic mass is 10.2. The van der Waals surface area contributed by atoms with Crippen LogP contribution in [0, 0.1) is 6.92 Å². The highest BCUT2D eigenvalue weighted by atomic mass is 32.1. The van der Waals surface area contributed by atoms with Crippen LogP contribution in [-0.2, 0) is 11.2 Å². The zero-order chi connectivity index (χ0) is 18.2. The summed E-state index contributed by atoms with van der Waals surface area (Å²) < 4.78 is 5.72. The molecule has 2 aromatic heterocycles. The average molecular weight is 369 g/mol. The molecule has 0 fully saturated rings. The van der Waals surface area contributed by atoms with Crippen LogP contribution in [0.2, 0.25) is 0 Å². The highest BCUT2D eigenvalue weighted by Crippen LogP contribution is 2.25. The Hall–Kier alpha value is -2.60.